The molecule has 1 unspecified atom stereocenters. The van der Waals surface area contributed by atoms with E-state index in [-0.39, 0.29) is 6.04 Å². The molecule has 1 aliphatic heterocycles. The molecule has 14 heavy (non-hydrogen) atoms. The van der Waals surface area contributed by atoms with Crippen LogP contribution in [0.15, 0.2) is 40.6 Å². The van der Waals surface area contributed by atoms with Crippen molar-refractivity contribution in [2.45, 2.75) is 26.8 Å². The normalized spacial score (nSPS) is 23.1. The number of rotatable bonds is 2. The number of aliphatic imine (C=N–C) groups is 1. The van der Waals surface area contributed by atoms with E-state index in [0.29, 0.717) is 5.73 Å². The number of amidine groups is 1. The zero-order valence-corrected chi connectivity index (χ0v) is 8.91. The molecule has 2 nitrogen and oxygen atoms in total. The van der Waals surface area contributed by atoms with Gasteiger partial charge in [-0.3, -0.25) is 4.99 Å². The average Bonchev–Trinajstić information content (AvgIpc) is 2.13. The lowest BCUT2D eigenvalue weighted by molar-refractivity contribution is 0.812. The Morgan fingerprint density at radius 1 is 1.43 bits per heavy atom. The predicted molar refractivity (Wildman–Crippen MR) is 62.4 cm³/mol. The fourth-order valence-corrected chi connectivity index (χ4v) is 1.24. The van der Waals surface area contributed by atoms with Crippen LogP contribution < -0.4 is 5.32 Å². The minimum Gasteiger partial charge on any atom is -0.353 e. The van der Waals surface area contributed by atoms with Crippen LogP contribution in [0.5, 0.6) is 0 Å². The second-order valence-electron chi connectivity index (χ2n) is 3.30. The summed E-state index contributed by atoms with van der Waals surface area (Å²) >= 11 is 0. The van der Waals surface area contributed by atoms with Gasteiger partial charge in [0.25, 0.3) is 0 Å². The molecule has 1 heterocycles. The summed E-state index contributed by atoms with van der Waals surface area (Å²) in [7, 11) is 5.63. The molecule has 3 heteroatoms. The van der Waals surface area contributed by atoms with Gasteiger partial charge in [0, 0.05) is 11.4 Å². The molecule has 0 amide bonds. The van der Waals surface area contributed by atoms with Crippen molar-refractivity contribution in [1.82, 2.24) is 5.32 Å². The molecule has 0 aromatic heterocycles. The van der Waals surface area contributed by atoms with Crippen molar-refractivity contribution in [3.63, 3.8) is 0 Å². The number of hydrogen-bond donors (Lipinski definition) is 1. The molecule has 1 atom stereocenters. The van der Waals surface area contributed by atoms with Crippen molar-refractivity contribution in [3.05, 3.63) is 35.6 Å². The zero-order chi connectivity index (χ0) is 10.6. The molecule has 1 aliphatic rings. The molecular weight excluding hydrogens is 171 g/mol. The van der Waals surface area contributed by atoms with Crippen LogP contribution in [0.1, 0.15) is 20.8 Å². The standard InChI is InChI=1S/C11H15BN2/c1-4-5-6-7-10-8(2)9(3)13-11(12)14-10/h4-7,9H,1-3H3,(H,13,14)/b5-4?,7-6-. The zero-order valence-electron chi connectivity index (χ0n) is 8.91. The molecule has 0 saturated carbocycles. The minimum atomic E-state index is 0.168. The molecule has 0 fully saturated rings. The van der Waals surface area contributed by atoms with Crippen LogP contribution >= 0.6 is 0 Å². The van der Waals surface area contributed by atoms with Crippen LogP contribution in [-0.4, -0.2) is 19.6 Å². The lowest BCUT2D eigenvalue weighted by atomic mass is 10.0. The Balaban J connectivity index is 2.81. The van der Waals surface area contributed by atoms with E-state index in [4.69, 9.17) is 7.85 Å². The molecule has 0 aromatic rings. The van der Waals surface area contributed by atoms with Crippen molar-refractivity contribution in [1.29, 1.82) is 0 Å². The van der Waals surface area contributed by atoms with E-state index in [1.165, 1.54) is 5.57 Å². The SMILES string of the molecule is [B]C1=NC(C)C(C)=C(/C=C\C=CC)N1. The Kier molecular flexibility index (Phi) is 3.75. The third kappa shape index (κ3) is 2.62. The second kappa shape index (κ2) is 4.84. The summed E-state index contributed by atoms with van der Waals surface area (Å²) in [6, 6.07) is 0.168. The Morgan fingerprint density at radius 3 is 2.79 bits per heavy atom. The summed E-state index contributed by atoms with van der Waals surface area (Å²) in [6.45, 7) is 6.08. The van der Waals surface area contributed by atoms with E-state index in [2.05, 4.69) is 17.2 Å². The van der Waals surface area contributed by atoms with Gasteiger partial charge >= 0.3 is 0 Å². The van der Waals surface area contributed by atoms with Crippen LogP contribution in [0.2, 0.25) is 0 Å². The number of nitrogens with zero attached hydrogens (tertiary/aromatic N) is 1. The first-order chi connectivity index (χ1) is 6.65. The quantitative estimate of drug-likeness (QED) is 0.517. The van der Waals surface area contributed by atoms with Gasteiger partial charge in [-0.2, -0.15) is 0 Å². The summed E-state index contributed by atoms with van der Waals surface area (Å²) in [5, 5.41) is 3.04. The molecule has 1 N–H and O–H groups in total. The molecule has 0 spiro atoms. The van der Waals surface area contributed by atoms with E-state index in [0.717, 1.165) is 5.70 Å². The highest BCUT2D eigenvalue weighted by atomic mass is 15.0. The van der Waals surface area contributed by atoms with E-state index >= 15 is 0 Å². The number of allylic oxidation sites excluding steroid dienone is 4. The first-order valence-electron chi connectivity index (χ1n) is 4.75. The van der Waals surface area contributed by atoms with E-state index in [1.54, 1.807) is 0 Å². The van der Waals surface area contributed by atoms with Crippen molar-refractivity contribution < 1.29 is 0 Å². The summed E-state index contributed by atoms with van der Waals surface area (Å²) in [6.07, 6.45) is 7.95. The summed E-state index contributed by atoms with van der Waals surface area (Å²) in [5.74, 6) is 0. The highest BCUT2D eigenvalue weighted by Gasteiger charge is 2.12. The topological polar surface area (TPSA) is 24.4 Å². The highest BCUT2D eigenvalue weighted by Crippen LogP contribution is 2.14. The maximum atomic E-state index is 5.63. The molecule has 0 aliphatic carbocycles. The van der Waals surface area contributed by atoms with Gasteiger partial charge < -0.3 is 5.32 Å². The lowest BCUT2D eigenvalue weighted by Crippen LogP contribution is -2.30. The monoisotopic (exact) mass is 186 g/mol. The van der Waals surface area contributed by atoms with E-state index in [1.807, 2.05) is 38.2 Å². The molecule has 1 rings (SSSR count). The van der Waals surface area contributed by atoms with Gasteiger partial charge in [-0.05, 0) is 32.4 Å². The van der Waals surface area contributed by atoms with Crippen molar-refractivity contribution >= 4 is 13.6 Å². The van der Waals surface area contributed by atoms with Crippen LogP contribution in [0.3, 0.4) is 0 Å². The van der Waals surface area contributed by atoms with Gasteiger partial charge in [0.2, 0.25) is 0 Å². The van der Waals surface area contributed by atoms with Crippen LogP contribution in [0.25, 0.3) is 0 Å². The third-order valence-corrected chi connectivity index (χ3v) is 2.21. The number of hydrogen-bond acceptors (Lipinski definition) is 2. The van der Waals surface area contributed by atoms with Gasteiger partial charge in [0.1, 0.15) is 0 Å². The second-order valence-corrected chi connectivity index (χ2v) is 3.30. The van der Waals surface area contributed by atoms with Crippen molar-refractivity contribution in [2.24, 2.45) is 4.99 Å². The van der Waals surface area contributed by atoms with Gasteiger partial charge in [-0.25, -0.2) is 0 Å². The van der Waals surface area contributed by atoms with Crippen molar-refractivity contribution in [2.75, 3.05) is 0 Å². The van der Waals surface area contributed by atoms with E-state index < -0.39 is 0 Å². The van der Waals surface area contributed by atoms with Crippen LogP contribution in [-0.2, 0) is 0 Å². The lowest BCUT2D eigenvalue weighted by Gasteiger charge is -2.21. The van der Waals surface area contributed by atoms with Crippen LogP contribution in [0, 0.1) is 0 Å². The minimum absolute atomic E-state index is 0.168. The largest absolute Gasteiger partial charge is 0.353 e. The highest BCUT2D eigenvalue weighted by molar-refractivity contribution is 6.59. The summed E-state index contributed by atoms with van der Waals surface area (Å²) in [5.41, 5.74) is 2.74. The van der Waals surface area contributed by atoms with Crippen LogP contribution in [0.4, 0.5) is 0 Å². The third-order valence-electron chi connectivity index (χ3n) is 2.21. The average molecular weight is 186 g/mol. The summed E-state index contributed by atoms with van der Waals surface area (Å²) < 4.78 is 0. The smallest absolute Gasteiger partial charge is 0.166 e. The first-order valence-corrected chi connectivity index (χ1v) is 4.75. The van der Waals surface area contributed by atoms with Crippen molar-refractivity contribution in [3.8, 4) is 0 Å². The molecule has 0 saturated heterocycles. The molecule has 0 bridgehead atoms. The Bertz CT molecular complexity index is 324. The predicted octanol–water partition coefficient (Wildman–Crippen LogP) is 1.91. The van der Waals surface area contributed by atoms with Gasteiger partial charge in [-0.1, -0.05) is 18.2 Å². The fraction of sp³-hybridized carbons (Fsp3) is 0.364. The molecule has 72 valence electrons. The van der Waals surface area contributed by atoms with Gasteiger partial charge in [0.15, 0.2) is 7.85 Å². The van der Waals surface area contributed by atoms with Gasteiger partial charge in [-0.15, -0.1) is 0 Å². The Labute approximate surface area is 86.9 Å². The number of nitrogens with one attached hydrogen (secondary N) is 1. The summed E-state index contributed by atoms with van der Waals surface area (Å²) in [4.78, 5) is 4.22. The Morgan fingerprint density at radius 2 is 2.14 bits per heavy atom. The van der Waals surface area contributed by atoms with Gasteiger partial charge in [0.05, 0.1) is 6.04 Å². The first kappa shape index (κ1) is 10.8. The molecular formula is C11H15BN2. The molecule has 2 radical (unpaired) electrons. The Hall–Kier alpha value is -1.25. The maximum Gasteiger partial charge on any atom is 0.166 e. The van der Waals surface area contributed by atoms with E-state index in [9.17, 15) is 0 Å². The fourth-order valence-electron chi connectivity index (χ4n) is 1.24. The maximum absolute atomic E-state index is 5.63. The molecule has 0 aromatic carbocycles.